The Balaban J connectivity index is 2.50. The van der Waals surface area contributed by atoms with Crippen LogP contribution in [0.3, 0.4) is 0 Å². The molecule has 0 unspecified atom stereocenters. The number of nitrogens with one attached hydrogen (secondary N) is 1. The number of hydrogen-bond donors (Lipinski definition) is 2. The van der Waals surface area contributed by atoms with Gasteiger partial charge in [0.05, 0.1) is 16.6 Å². The van der Waals surface area contributed by atoms with Crippen molar-refractivity contribution in [2.45, 2.75) is 12.5 Å². The van der Waals surface area contributed by atoms with Crippen LogP contribution < -0.4 is 5.32 Å². The number of hydrogen-bond acceptors (Lipinski definition) is 6. The lowest BCUT2D eigenvalue weighted by Gasteiger charge is -2.35. The van der Waals surface area contributed by atoms with Gasteiger partial charge in [-0.2, -0.15) is 5.26 Å². The summed E-state index contributed by atoms with van der Waals surface area (Å²) in [6.07, 6.45) is 2.26. The highest BCUT2D eigenvalue weighted by atomic mass is 16.6. The Morgan fingerprint density at radius 2 is 2.23 bits per heavy atom. The molecule has 0 amide bonds. The summed E-state index contributed by atoms with van der Waals surface area (Å²) in [6.45, 7) is 6.89. The van der Waals surface area contributed by atoms with Crippen molar-refractivity contribution in [2.75, 3.05) is 26.2 Å². The highest BCUT2D eigenvalue weighted by Crippen LogP contribution is 2.38. The number of nitrogens with zero attached hydrogens (tertiary/aromatic N) is 3. The largest absolute Gasteiger partial charge is 0.502 e. The molecule has 2 rings (SSSR count). The van der Waals surface area contributed by atoms with E-state index < -0.39 is 10.6 Å². The molecule has 0 saturated carbocycles. The number of piperazine rings is 1. The summed E-state index contributed by atoms with van der Waals surface area (Å²) in [5.74, 6) is -0.366. The third kappa shape index (κ3) is 3.24. The van der Waals surface area contributed by atoms with Crippen molar-refractivity contribution in [1.29, 1.82) is 5.26 Å². The third-order valence-corrected chi connectivity index (χ3v) is 3.79. The van der Waals surface area contributed by atoms with E-state index in [1.807, 2.05) is 6.07 Å². The number of aromatic hydroxyl groups is 1. The Bertz CT molecular complexity index is 618. The lowest BCUT2D eigenvalue weighted by Crippen LogP contribution is -2.45. The number of nitriles is 1. The summed E-state index contributed by atoms with van der Waals surface area (Å²) in [6, 6.07) is 4.31. The van der Waals surface area contributed by atoms with E-state index in [2.05, 4.69) is 16.8 Å². The van der Waals surface area contributed by atoms with Crippen molar-refractivity contribution in [3.63, 3.8) is 0 Å². The van der Waals surface area contributed by atoms with Gasteiger partial charge in [0.2, 0.25) is 0 Å². The molecule has 1 aromatic carbocycles. The monoisotopic (exact) mass is 302 g/mol. The summed E-state index contributed by atoms with van der Waals surface area (Å²) < 4.78 is 0. The van der Waals surface area contributed by atoms with Gasteiger partial charge in [-0.3, -0.25) is 15.0 Å². The minimum atomic E-state index is -0.664. The molecule has 0 aromatic heterocycles. The zero-order valence-electron chi connectivity index (χ0n) is 12.2. The third-order valence-electron chi connectivity index (χ3n) is 3.79. The molecule has 7 heteroatoms. The molecule has 116 valence electrons. The Labute approximate surface area is 128 Å². The molecule has 0 bridgehead atoms. The van der Waals surface area contributed by atoms with Gasteiger partial charge in [0.15, 0.2) is 5.75 Å². The Hall–Kier alpha value is -2.43. The number of benzene rings is 1. The van der Waals surface area contributed by atoms with E-state index in [1.165, 1.54) is 6.07 Å². The van der Waals surface area contributed by atoms with Crippen molar-refractivity contribution in [1.82, 2.24) is 10.2 Å². The van der Waals surface area contributed by atoms with E-state index in [4.69, 9.17) is 5.26 Å². The summed E-state index contributed by atoms with van der Waals surface area (Å²) in [5, 5.41) is 33.7. The molecule has 0 aliphatic carbocycles. The number of nitro benzene ring substituents is 1. The van der Waals surface area contributed by atoms with E-state index in [-0.39, 0.29) is 17.4 Å². The zero-order valence-corrected chi connectivity index (χ0v) is 12.2. The van der Waals surface area contributed by atoms with E-state index in [9.17, 15) is 15.2 Å². The molecule has 2 N–H and O–H groups in total. The van der Waals surface area contributed by atoms with E-state index in [0.717, 1.165) is 32.2 Å². The molecule has 7 nitrogen and oxygen atoms in total. The summed E-state index contributed by atoms with van der Waals surface area (Å²) in [7, 11) is 0. The van der Waals surface area contributed by atoms with Gasteiger partial charge >= 0.3 is 5.69 Å². The maximum absolute atomic E-state index is 11.1. The second kappa shape index (κ2) is 7.02. The fourth-order valence-corrected chi connectivity index (χ4v) is 2.72. The molecular formula is C15H18N4O3. The van der Waals surface area contributed by atoms with Crippen LogP contribution in [0.25, 0.3) is 0 Å². The Morgan fingerprint density at radius 3 is 2.77 bits per heavy atom. The number of phenolic OH excluding ortho intramolecular Hbond substituents is 1. The lowest BCUT2D eigenvalue weighted by molar-refractivity contribution is -0.386. The van der Waals surface area contributed by atoms with Gasteiger partial charge in [-0.15, -0.1) is 6.58 Å². The molecule has 1 aromatic rings. The first-order valence-corrected chi connectivity index (χ1v) is 7.05. The van der Waals surface area contributed by atoms with Crippen molar-refractivity contribution in [3.8, 4) is 11.8 Å². The Morgan fingerprint density at radius 1 is 1.55 bits per heavy atom. The lowest BCUT2D eigenvalue weighted by atomic mass is 9.97. The molecular weight excluding hydrogens is 284 g/mol. The average molecular weight is 302 g/mol. The van der Waals surface area contributed by atoms with Crippen LogP contribution in [0.1, 0.15) is 23.6 Å². The fraction of sp³-hybridized carbons (Fsp3) is 0.400. The van der Waals surface area contributed by atoms with Crippen molar-refractivity contribution < 1.29 is 10.0 Å². The van der Waals surface area contributed by atoms with Crippen LogP contribution in [-0.2, 0) is 0 Å². The number of rotatable bonds is 5. The van der Waals surface area contributed by atoms with Crippen LogP contribution in [0.5, 0.6) is 5.75 Å². The zero-order chi connectivity index (χ0) is 16.1. The predicted molar refractivity (Wildman–Crippen MR) is 81.5 cm³/mol. The molecule has 1 aliphatic heterocycles. The molecule has 22 heavy (non-hydrogen) atoms. The molecule has 1 atom stereocenters. The summed E-state index contributed by atoms with van der Waals surface area (Å²) in [4.78, 5) is 12.6. The number of phenols is 1. The highest BCUT2D eigenvalue weighted by molar-refractivity contribution is 5.57. The topological polar surface area (TPSA) is 102 Å². The smallest absolute Gasteiger partial charge is 0.312 e. The Kier molecular flexibility index (Phi) is 5.09. The highest BCUT2D eigenvalue weighted by Gasteiger charge is 2.28. The second-order valence-corrected chi connectivity index (χ2v) is 5.13. The minimum Gasteiger partial charge on any atom is -0.502 e. The van der Waals surface area contributed by atoms with Crippen molar-refractivity contribution >= 4 is 5.69 Å². The normalized spacial score (nSPS) is 16.7. The first kappa shape index (κ1) is 15.9. The SMILES string of the molecule is C=CC[C@H](c1cc(C#N)cc([N+](=O)[O-])c1O)N1CCNCC1. The van der Waals surface area contributed by atoms with Crippen LogP contribution in [0, 0.1) is 21.4 Å². The fourth-order valence-electron chi connectivity index (χ4n) is 2.72. The van der Waals surface area contributed by atoms with Crippen LogP contribution >= 0.6 is 0 Å². The van der Waals surface area contributed by atoms with Crippen molar-refractivity contribution in [2.24, 2.45) is 0 Å². The molecule has 0 spiro atoms. The minimum absolute atomic E-state index is 0.170. The predicted octanol–water partition coefficient (Wildman–Crippen LogP) is 1.69. The van der Waals surface area contributed by atoms with Crippen molar-refractivity contribution in [3.05, 3.63) is 46.0 Å². The van der Waals surface area contributed by atoms with Crippen LogP contribution in [-0.4, -0.2) is 41.1 Å². The first-order chi connectivity index (χ1) is 10.6. The van der Waals surface area contributed by atoms with Gasteiger partial charge in [0.25, 0.3) is 0 Å². The van der Waals surface area contributed by atoms with Gasteiger partial charge in [-0.25, -0.2) is 0 Å². The standard InChI is InChI=1S/C15H18N4O3/c1-2-3-13(18-6-4-17-5-7-18)12-8-11(10-16)9-14(15(12)20)19(21)22/h2,8-9,13,17,20H,1,3-7H2/t13-/m1/s1. The second-order valence-electron chi connectivity index (χ2n) is 5.13. The van der Waals surface area contributed by atoms with Crippen LogP contribution in [0.15, 0.2) is 24.8 Å². The quantitative estimate of drug-likeness (QED) is 0.487. The van der Waals surface area contributed by atoms with Gasteiger partial charge in [-0.1, -0.05) is 6.08 Å². The summed E-state index contributed by atoms with van der Waals surface area (Å²) >= 11 is 0. The summed E-state index contributed by atoms with van der Waals surface area (Å²) in [5.41, 5.74) is 0.148. The van der Waals surface area contributed by atoms with E-state index in [1.54, 1.807) is 6.08 Å². The molecule has 1 heterocycles. The van der Waals surface area contributed by atoms with Crippen LogP contribution in [0.2, 0.25) is 0 Å². The van der Waals surface area contributed by atoms with E-state index in [0.29, 0.717) is 12.0 Å². The van der Waals surface area contributed by atoms with Gasteiger partial charge in [0.1, 0.15) is 0 Å². The molecule has 1 aliphatic rings. The van der Waals surface area contributed by atoms with Crippen LogP contribution in [0.4, 0.5) is 5.69 Å². The average Bonchev–Trinajstić information content (AvgIpc) is 2.53. The molecule has 1 fully saturated rings. The van der Waals surface area contributed by atoms with Gasteiger partial charge in [-0.05, 0) is 12.5 Å². The van der Waals surface area contributed by atoms with E-state index >= 15 is 0 Å². The molecule has 0 radical (unpaired) electrons. The first-order valence-electron chi connectivity index (χ1n) is 7.05. The van der Waals surface area contributed by atoms with Gasteiger partial charge in [0, 0.05) is 43.9 Å². The maximum atomic E-state index is 11.1. The van der Waals surface area contributed by atoms with Gasteiger partial charge < -0.3 is 10.4 Å². The molecule has 1 saturated heterocycles. The maximum Gasteiger partial charge on any atom is 0.312 e. The number of nitro groups is 1.